The second-order valence-corrected chi connectivity index (χ2v) is 6.17. The van der Waals surface area contributed by atoms with E-state index in [2.05, 4.69) is 39.6 Å². The first kappa shape index (κ1) is 15.2. The van der Waals surface area contributed by atoms with Crippen LogP contribution in [0.3, 0.4) is 0 Å². The zero-order valence-corrected chi connectivity index (χ0v) is 11.9. The summed E-state index contributed by atoms with van der Waals surface area (Å²) in [5, 5.41) is 3.60. The van der Waals surface area contributed by atoms with Gasteiger partial charge in [-0.15, -0.1) is 0 Å². The van der Waals surface area contributed by atoms with Crippen LogP contribution in [0.15, 0.2) is 12.7 Å². The highest BCUT2D eigenvalue weighted by Crippen LogP contribution is 2.30. The van der Waals surface area contributed by atoms with Gasteiger partial charge >= 0.3 is 5.97 Å². The zero-order valence-electron chi connectivity index (χ0n) is 11.9. The lowest BCUT2D eigenvalue weighted by atomic mass is 9.81. The molecule has 0 unspecified atom stereocenters. The van der Waals surface area contributed by atoms with E-state index < -0.39 is 5.97 Å². The monoisotopic (exact) mass is 255 g/mol. The third-order valence-corrected chi connectivity index (χ3v) is 3.00. The molecule has 1 fully saturated rings. The topological polar surface area (TPSA) is 47.6 Å². The number of hydrogen-bond donors (Lipinski definition) is 1. The maximum Gasteiger partial charge on any atom is 0.330 e. The average molecular weight is 255 g/mol. The number of piperidine rings is 1. The molecule has 0 aromatic heterocycles. The van der Waals surface area contributed by atoms with Crippen molar-refractivity contribution in [3.8, 4) is 0 Å². The molecule has 1 N–H and O–H groups in total. The van der Waals surface area contributed by atoms with Crippen molar-refractivity contribution in [1.82, 2.24) is 5.32 Å². The van der Waals surface area contributed by atoms with E-state index in [4.69, 9.17) is 9.47 Å². The molecule has 1 rings (SSSR count). The van der Waals surface area contributed by atoms with Crippen molar-refractivity contribution < 1.29 is 14.3 Å². The van der Waals surface area contributed by atoms with Crippen molar-refractivity contribution in [2.75, 3.05) is 13.2 Å². The molecular weight excluding hydrogens is 230 g/mol. The predicted molar refractivity (Wildman–Crippen MR) is 71.4 cm³/mol. The summed E-state index contributed by atoms with van der Waals surface area (Å²) in [7, 11) is 0. The highest BCUT2D eigenvalue weighted by Gasteiger charge is 2.37. The molecule has 0 bridgehead atoms. The van der Waals surface area contributed by atoms with E-state index in [1.807, 2.05) is 0 Å². The summed E-state index contributed by atoms with van der Waals surface area (Å²) in [4.78, 5) is 10.9. The van der Waals surface area contributed by atoms with E-state index >= 15 is 0 Å². The molecule has 1 aliphatic heterocycles. The van der Waals surface area contributed by atoms with Crippen LogP contribution in [0.25, 0.3) is 0 Å². The average Bonchev–Trinajstić information content (AvgIpc) is 2.19. The fraction of sp³-hybridized carbons (Fsp3) is 0.786. The van der Waals surface area contributed by atoms with Gasteiger partial charge in [-0.05, 0) is 40.5 Å². The Labute approximate surface area is 110 Å². The van der Waals surface area contributed by atoms with Crippen LogP contribution in [0.2, 0.25) is 0 Å². The molecule has 0 aromatic carbocycles. The molecule has 1 saturated heterocycles. The summed E-state index contributed by atoms with van der Waals surface area (Å²) in [5.74, 6) is -0.399. The van der Waals surface area contributed by atoms with Crippen LogP contribution in [0.1, 0.15) is 40.5 Å². The zero-order chi connectivity index (χ0) is 13.8. The van der Waals surface area contributed by atoms with Gasteiger partial charge in [0, 0.05) is 17.2 Å². The number of ether oxygens (including phenoxy) is 2. The van der Waals surface area contributed by atoms with Crippen molar-refractivity contribution in [3.63, 3.8) is 0 Å². The lowest BCUT2D eigenvalue weighted by Gasteiger charge is -2.46. The number of carbonyl (C=O) groups is 1. The maximum atomic E-state index is 10.9. The van der Waals surface area contributed by atoms with Gasteiger partial charge in [-0.2, -0.15) is 0 Å². The molecule has 104 valence electrons. The minimum atomic E-state index is -0.399. The van der Waals surface area contributed by atoms with Crippen LogP contribution in [-0.2, 0) is 14.3 Å². The Morgan fingerprint density at radius 2 is 1.83 bits per heavy atom. The Kier molecular flexibility index (Phi) is 4.93. The summed E-state index contributed by atoms with van der Waals surface area (Å²) in [6.45, 7) is 12.8. The van der Waals surface area contributed by atoms with Gasteiger partial charge in [-0.3, -0.25) is 0 Å². The fourth-order valence-corrected chi connectivity index (χ4v) is 2.76. The number of hydrogen-bond acceptors (Lipinski definition) is 4. The van der Waals surface area contributed by atoms with Crippen LogP contribution in [0.5, 0.6) is 0 Å². The van der Waals surface area contributed by atoms with Gasteiger partial charge in [-0.25, -0.2) is 4.79 Å². The normalized spacial score (nSPS) is 22.4. The Morgan fingerprint density at radius 1 is 1.28 bits per heavy atom. The molecule has 0 amide bonds. The second-order valence-electron chi connectivity index (χ2n) is 6.17. The SMILES string of the molecule is C=CC(=O)OCCOC1CC(C)(C)NC(C)(C)C1. The third kappa shape index (κ3) is 5.19. The first-order valence-corrected chi connectivity index (χ1v) is 6.44. The van der Waals surface area contributed by atoms with Crippen molar-refractivity contribution in [2.24, 2.45) is 0 Å². The van der Waals surface area contributed by atoms with Crippen LogP contribution in [0.4, 0.5) is 0 Å². The highest BCUT2D eigenvalue weighted by molar-refractivity contribution is 5.81. The fourth-order valence-electron chi connectivity index (χ4n) is 2.76. The minimum Gasteiger partial charge on any atom is -0.460 e. The number of esters is 1. The first-order chi connectivity index (χ1) is 8.24. The van der Waals surface area contributed by atoms with Crippen LogP contribution >= 0.6 is 0 Å². The molecule has 0 spiro atoms. The number of rotatable bonds is 5. The van der Waals surface area contributed by atoms with Gasteiger partial charge in [0.15, 0.2) is 0 Å². The first-order valence-electron chi connectivity index (χ1n) is 6.44. The summed E-state index contributed by atoms with van der Waals surface area (Å²) < 4.78 is 10.7. The molecule has 4 heteroatoms. The molecule has 0 saturated carbocycles. The maximum absolute atomic E-state index is 10.9. The molecule has 0 radical (unpaired) electrons. The second kappa shape index (κ2) is 5.85. The van der Waals surface area contributed by atoms with E-state index in [0.29, 0.717) is 6.61 Å². The highest BCUT2D eigenvalue weighted by atomic mass is 16.6. The Bertz CT molecular complexity index is 294. The van der Waals surface area contributed by atoms with Gasteiger partial charge in [0.2, 0.25) is 0 Å². The number of nitrogens with one attached hydrogen (secondary N) is 1. The Morgan fingerprint density at radius 3 is 2.33 bits per heavy atom. The quantitative estimate of drug-likeness (QED) is 0.464. The van der Waals surface area contributed by atoms with Gasteiger partial charge in [0.1, 0.15) is 6.61 Å². The van der Waals surface area contributed by atoms with Gasteiger partial charge < -0.3 is 14.8 Å². The molecule has 1 heterocycles. The Hall–Kier alpha value is -0.870. The lowest BCUT2D eigenvalue weighted by molar-refractivity contribution is -0.140. The van der Waals surface area contributed by atoms with Crippen LogP contribution in [0, 0.1) is 0 Å². The molecule has 1 aliphatic rings. The lowest BCUT2D eigenvalue weighted by Crippen LogP contribution is -2.59. The van der Waals surface area contributed by atoms with Gasteiger partial charge in [0.25, 0.3) is 0 Å². The number of carbonyl (C=O) groups excluding carboxylic acids is 1. The van der Waals surface area contributed by atoms with Crippen molar-refractivity contribution in [1.29, 1.82) is 0 Å². The molecule has 0 aromatic rings. The summed E-state index contributed by atoms with van der Waals surface area (Å²) in [6, 6.07) is 0. The van der Waals surface area contributed by atoms with Gasteiger partial charge in [0.05, 0.1) is 12.7 Å². The standard InChI is InChI=1S/C14H25NO3/c1-6-12(16)18-8-7-17-11-9-13(2,3)15-14(4,5)10-11/h6,11,15H,1,7-10H2,2-5H3. The summed E-state index contributed by atoms with van der Waals surface area (Å²) in [6.07, 6.45) is 3.30. The van der Waals surface area contributed by atoms with Crippen molar-refractivity contribution in [3.05, 3.63) is 12.7 Å². The Balaban J connectivity index is 2.33. The van der Waals surface area contributed by atoms with E-state index in [0.717, 1.165) is 18.9 Å². The predicted octanol–water partition coefficient (Wildman–Crippen LogP) is 2.04. The van der Waals surface area contributed by atoms with Crippen molar-refractivity contribution in [2.45, 2.75) is 57.7 Å². The largest absolute Gasteiger partial charge is 0.460 e. The molecule has 4 nitrogen and oxygen atoms in total. The molecule has 18 heavy (non-hydrogen) atoms. The van der Waals surface area contributed by atoms with E-state index in [9.17, 15) is 4.79 Å². The minimum absolute atomic E-state index is 0.0736. The molecule has 0 atom stereocenters. The van der Waals surface area contributed by atoms with Crippen LogP contribution < -0.4 is 5.32 Å². The summed E-state index contributed by atoms with van der Waals surface area (Å²) >= 11 is 0. The van der Waals surface area contributed by atoms with Crippen LogP contribution in [-0.4, -0.2) is 36.4 Å². The van der Waals surface area contributed by atoms with Crippen molar-refractivity contribution >= 4 is 5.97 Å². The third-order valence-electron chi connectivity index (χ3n) is 3.00. The molecular formula is C14H25NO3. The summed E-state index contributed by atoms with van der Waals surface area (Å²) in [5.41, 5.74) is 0.147. The smallest absolute Gasteiger partial charge is 0.330 e. The van der Waals surface area contributed by atoms with Gasteiger partial charge in [-0.1, -0.05) is 6.58 Å². The van der Waals surface area contributed by atoms with E-state index in [1.54, 1.807) is 0 Å². The molecule has 0 aliphatic carbocycles. The van der Waals surface area contributed by atoms with E-state index in [-0.39, 0.29) is 23.8 Å². The van der Waals surface area contributed by atoms with E-state index in [1.165, 1.54) is 0 Å².